The molecule has 0 bridgehead atoms. The fourth-order valence-corrected chi connectivity index (χ4v) is 5.31. The molecule has 2 aromatic rings. The number of benzene rings is 2. The molecule has 0 radical (unpaired) electrons. The van der Waals surface area contributed by atoms with E-state index in [4.69, 9.17) is 11.6 Å². The summed E-state index contributed by atoms with van der Waals surface area (Å²) >= 11 is 6.19. The fraction of sp³-hybridized carbons (Fsp3) is 0.200. The van der Waals surface area contributed by atoms with Crippen molar-refractivity contribution < 1.29 is 0 Å². The number of rotatable bonds is 3. The van der Waals surface area contributed by atoms with Crippen LogP contribution in [0.2, 0.25) is 0 Å². The average molecular weight is 261 g/mol. The lowest BCUT2D eigenvalue weighted by Crippen LogP contribution is -2.44. The minimum absolute atomic E-state index is 0.756. The summed E-state index contributed by atoms with van der Waals surface area (Å²) in [6.45, 7) is 4.32. The van der Waals surface area contributed by atoms with Crippen molar-refractivity contribution in [3.05, 3.63) is 59.7 Å². The van der Waals surface area contributed by atoms with Crippen molar-refractivity contribution >= 4 is 30.8 Å². The van der Waals surface area contributed by atoms with E-state index >= 15 is 0 Å². The Labute approximate surface area is 110 Å². The van der Waals surface area contributed by atoms with Crippen molar-refractivity contribution in [3.63, 3.8) is 0 Å². The average Bonchev–Trinajstić information content (AvgIpc) is 2.36. The molecule has 0 nitrogen and oxygen atoms in total. The molecule has 0 spiro atoms. The van der Waals surface area contributed by atoms with E-state index in [0.29, 0.717) is 0 Å². The van der Waals surface area contributed by atoms with Crippen LogP contribution in [-0.2, 0) is 0 Å². The highest BCUT2D eigenvalue weighted by Gasteiger charge is 2.15. The summed E-state index contributed by atoms with van der Waals surface area (Å²) in [5.74, 6) is 0. The Kier molecular flexibility index (Phi) is 4.03. The Morgan fingerprint density at radius 2 is 1.59 bits per heavy atom. The summed E-state index contributed by atoms with van der Waals surface area (Å²) in [6, 6.07) is 17.4. The molecule has 0 amide bonds. The van der Waals surface area contributed by atoms with E-state index < -0.39 is 8.80 Å². The van der Waals surface area contributed by atoms with Crippen LogP contribution in [0.3, 0.4) is 0 Å². The zero-order chi connectivity index (χ0) is 12.3. The van der Waals surface area contributed by atoms with Crippen molar-refractivity contribution in [2.24, 2.45) is 0 Å². The zero-order valence-corrected chi connectivity index (χ0v) is 12.2. The van der Waals surface area contributed by atoms with Crippen LogP contribution in [0.15, 0.2) is 48.5 Å². The molecular formula is C15H17ClSi. The molecule has 17 heavy (non-hydrogen) atoms. The third-order valence-corrected chi connectivity index (χ3v) is 6.88. The van der Waals surface area contributed by atoms with E-state index in [9.17, 15) is 0 Å². The molecule has 0 aliphatic heterocycles. The van der Waals surface area contributed by atoms with Crippen LogP contribution in [0.4, 0.5) is 0 Å². The molecule has 0 aliphatic carbocycles. The van der Waals surface area contributed by atoms with Gasteiger partial charge in [-0.05, 0) is 25.0 Å². The lowest BCUT2D eigenvalue weighted by atomic mass is 10.1. The third kappa shape index (κ3) is 2.79. The summed E-state index contributed by atoms with van der Waals surface area (Å²) < 4.78 is 0. The van der Waals surface area contributed by atoms with Gasteiger partial charge in [0.25, 0.3) is 0 Å². The van der Waals surface area contributed by atoms with E-state index in [1.807, 2.05) is 0 Å². The first-order valence-corrected chi connectivity index (χ1v) is 8.41. The second-order valence-corrected chi connectivity index (χ2v) is 8.13. The van der Waals surface area contributed by atoms with E-state index in [2.05, 4.69) is 62.4 Å². The van der Waals surface area contributed by atoms with Crippen LogP contribution in [-0.4, -0.2) is 14.3 Å². The molecule has 0 heterocycles. The molecule has 2 heteroatoms. The van der Waals surface area contributed by atoms with Gasteiger partial charge in [0, 0.05) is 5.50 Å². The first kappa shape index (κ1) is 12.4. The van der Waals surface area contributed by atoms with Gasteiger partial charge in [-0.15, -0.1) is 11.6 Å². The predicted octanol–water partition coefficient (Wildman–Crippen LogP) is 2.42. The van der Waals surface area contributed by atoms with Gasteiger partial charge in [0.05, 0.1) is 0 Å². The summed E-state index contributed by atoms with van der Waals surface area (Å²) in [5, 5.41) is 2.86. The van der Waals surface area contributed by atoms with E-state index in [-0.39, 0.29) is 0 Å². The molecule has 2 rings (SSSR count). The van der Waals surface area contributed by atoms with Gasteiger partial charge in [0.2, 0.25) is 0 Å². The Balaban J connectivity index is 2.39. The van der Waals surface area contributed by atoms with Crippen LogP contribution in [0.5, 0.6) is 0 Å². The van der Waals surface area contributed by atoms with Gasteiger partial charge in [-0.3, -0.25) is 0 Å². The summed E-state index contributed by atoms with van der Waals surface area (Å²) in [4.78, 5) is 0. The van der Waals surface area contributed by atoms with Gasteiger partial charge < -0.3 is 0 Å². The third-order valence-electron chi connectivity index (χ3n) is 3.29. The van der Waals surface area contributed by atoms with Crippen molar-refractivity contribution in [1.29, 1.82) is 0 Å². The molecule has 0 fully saturated rings. The van der Waals surface area contributed by atoms with Gasteiger partial charge in [0.15, 0.2) is 0 Å². The summed E-state index contributed by atoms with van der Waals surface area (Å²) in [5.41, 5.74) is 3.47. The molecule has 0 saturated carbocycles. The molecule has 88 valence electrons. The zero-order valence-electron chi connectivity index (χ0n) is 10.3. The number of alkyl halides is 1. The van der Waals surface area contributed by atoms with Crippen molar-refractivity contribution in [2.45, 2.75) is 13.8 Å². The number of hydrogen-bond donors (Lipinski definition) is 0. The van der Waals surface area contributed by atoms with Gasteiger partial charge >= 0.3 is 0 Å². The molecule has 0 aromatic heterocycles. The molecule has 2 aromatic carbocycles. The fourth-order valence-electron chi connectivity index (χ4n) is 2.04. The van der Waals surface area contributed by atoms with Crippen LogP contribution in [0.25, 0.3) is 0 Å². The highest BCUT2D eigenvalue weighted by Crippen LogP contribution is 2.04. The van der Waals surface area contributed by atoms with E-state index in [1.54, 1.807) is 0 Å². The Hall–Kier alpha value is -1.05. The molecule has 0 saturated heterocycles. The summed E-state index contributed by atoms with van der Waals surface area (Å²) in [7, 11) is -1.21. The second kappa shape index (κ2) is 5.52. The minimum Gasteiger partial charge on any atom is -0.130 e. The van der Waals surface area contributed by atoms with Crippen LogP contribution in [0, 0.1) is 13.8 Å². The predicted molar refractivity (Wildman–Crippen MR) is 79.5 cm³/mol. The van der Waals surface area contributed by atoms with Crippen LogP contribution < -0.4 is 10.4 Å². The standard InChI is InChI=1S/C15H17ClSi/c1-12-8-9-15(10-13(12)2)17(11-16)14-6-4-3-5-7-14/h3-10,17H,11H2,1-2H3. The maximum absolute atomic E-state index is 6.19. The molecule has 1 atom stereocenters. The first-order valence-electron chi connectivity index (χ1n) is 5.90. The monoisotopic (exact) mass is 260 g/mol. The molecule has 0 aliphatic rings. The van der Waals surface area contributed by atoms with Crippen molar-refractivity contribution in [1.82, 2.24) is 0 Å². The maximum atomic E-state index is 6.19. The number of hydrogen-bond acceptors (Lipinski definition) is 0. The Bertz CT molecular complexity index is 494. The van der Waals surface area contributed by atoms with Gasteiger partial charge in [0.1, 0.15) is 8.80 Å². The normalized spacial score (nSPS) is 12.4. The quantitative estimate of drug-likeness (QED) is 0.587. The van der Waals surface area contributed by atoms with E-state index in [0.717, 1.165) is 5.50 Å². The topological polar surface area (TPSA) is 0 Å². The minimum atomic E-state index is -1.21. The number of aryl methyl sites for hydroxylation is 2. The first-order chi connectivity index (χ1) is 8.22. The highest BCUT2D eigenvalue weighted by molar-refractivity contribution is 6.89. The van der Waals surface area contributed by atoms with Crippen molar-refractivity contribution in [2.75, 3.05) is 5.50 Å². The lowest BCUT2D eigenvalue weighted by Gasteiger charge is -2.14. The van der Waals surface area contributed by atoms with Gasteiger partial charge in [-0.2, -0.15) is 0 Å². The molecule has 0 N–H and O–H groups in total. The van der Waals surface area contributed by atoms with Crippen LogP contribution >= 0.6 is 11.6 Å². The van der Waals surface area contributed by atoms with Crippen LogP contribution in [0.1, 0.15) is 11.1 Å². The number of halogens is 1. The molecular weight excluding hydrogens is 244 g/mol. The van der Waals surface area contributed by atoms with Crippen molar-refractivity contribution in [3.8, 4) is 0 Å². The smallest absolute Gasteiger partial charge is 0.117 e. The Morgan fingerprint density at radius 1 is 0.882 bits per heavy atom. The Morgan fingerprint density at radius 3 is 2.18 bits per heavy atom. The summed E-state index contributed by atoms with van der Waals surface area (Å²) in [6.07, 6.45) is 0. The van der Waals surface area contributed by atoms with Gasteiger partial charge in [-0.25, -0.2) is 0 Å². The molecule has 1 unspecified atom stereocenters. The second-order valence-electron chi connectivity index (χ2n) is 4.46. The highest BCUT2D eigenvalue weighted by atomic mass is 35.5. The largest absolute Gasteiger partial charge is 0.130 e. The SMILES string of the molecule is Cc1ccc([SiH](CCl)c2ccccc2)cc1C. The van der Waals surface area contributed by atoms with E-state index in [1.165, 1.54) is 21.5 Å². The maximum Gasteiger partial charge on any atom is 0.117 e. The van der Waals surface area contributed by atoms with Gasteiger partial charge in [-0.1, -0.05) is 58.9 Å². The lowest BCUT2D eigenvalue weighted by molar-refractivity contribution is 1.35.